The van der Waals surface area contributed by atoms with Gasteiger partial charge in [-0.05, 0) is 70.1 Å². The number of halogens is 4. The van der Waals surface area contributed by atoms with Gasteiger partial charge in [-0.15, -0.1) is 0 Å². The van der Waals surface area contributed by atoms with Gasteiger partial charge < -0.3 is 9.90 Å². The van der Waals surface area contributed by atoms with Crippen molar-refractivity contribution in [1.82, 2.24) is 4.90 Å². The number of carboxylic acids is 1. The highest BCUT2D eigenvalue weighted by atomic mass is 79.9. The second-order valence-electron chi connectivity index (χ2n) is 4.23. The number of fused-ring (bicyclic) bond motifs is 1. The fraction of sp³-hybridized carbons (Fsp3) is 0.250. The number of nitrogens with zero attached hydrogens (tertiary/aromatic N) is 1. The number of carboxylic acid groups (broad SMARTS) is 1. The zero-order chi connectivity index (χ0) is 16.1. The van der Waals surface area contributed by atoms with Gasteiger partial charge in [-0.1, -0.05) is 6.92 Å². The minimum Gasteiger partial charge on any atom is -0.548 e. The molecule has 0 aliphatic carbocycles. The highest BCUT2D eigenvalue weighted by Gasteiger charge is 2.44. The summed E-state index contributed by atoms with van der Waals surface area (Å²) in [5.41, 5.74) is 0.253. The lowest BCUT2D eigenvalue weighted by molar-refractivity contribution is -0.310. The number of carbonyl (C=O) groups excluding carboxylic acids is 3. The molecule has 0 saturated heterocycles. The second-order valence-corrected chi connectivity index (χ2v) is 7.40. The van der Waals surface area contributed by atoms with Gasteiger partial charge >= 0.3 is 0 Å². The maximum atomic E-state index is 12.5. The van der Waals surface area contributed by atoms with E-state index in [9.17, 15) is 19.5 Å². The van der Waals surface area contributed by atoms with Gasteiger partial charge in [0.2, 0.25) is 0 Å². The lowest BCUT2D eigenvalue weighted by Crippen LogP contribution is -2.50. The Kier molecular flexibility index (Phi) is 4.97. The number of benzene rings is 1. The number of hydrogen-bond donors (Lipinski definition) is 0. The Labute approximate surface area is 153 Å². The molecule has 1 heterocycles. The van der Waals surface area contributed by atoms with E-state index in [1.807, 2.05) is 0 Å². The minimum atomic E-state index is -1.46. The van der Waals surface area contributed by atoms with Crippen molar-refractivity contribution in [2.75, 3.05) is 0 Å². The molecule has 1 aliphatic heterocycles. The van der Waals surface area contributed by atoms with E-state index >= 15 is 0 Å². The topological polar surface area (TPSA) is 77.5 Å². The van der Waals surface area contributed by atoms with E-state index in [-0.39, 0.29) is 17.5 Å². The molecule has 0 bridgehead atoms. The van der Waals surface area contributed by atoms with Crippen LogP contribution in [0.15, 0.2) is 17.9 Å². The number of imide groups is 1. The summed E-state index contributed by atoms with van der Waals surface area (Å²) in [6.07, 6.45) is 0.0748. The van der Waals surface area contributed by atoms with Gasteiger partial charge in [0.15, 0.2) is 0 Å². The molecule has 0 aromatic heterocycles. The smallest absolute Gasteiger partial charge is 0.263 e. The van der Waals surface area contributed by atoms with Crippen LogP contribution in [0.1, 0.15) is 34.1 Å². The normalized spacial score (nSPS) is 15.4. The predicted molar refractivity (Wildman–Crippen MR) is 86.8 cm³/mol. The van der Waals surface area contributed by atoms with E-state index in [4.69, 9.17) is 0 Å². The van der Waals surface area contributed by atoms with Crippen LogP contribution in [0.3, 0.4) is 0 Å². The molecule has 1 atom stereocenters. The third kappa shape index (κ3) is 2.51. The average Bonchev–Trinajstić information content (AvgIpc) is 2.68. The molecule has 0 radical (unpaired) electrons. The zero-order valence-corrected chi connectivity index (χ0v) is 16.7. The van der Waals surface area contributed by atoms with Crippen molar-refractivity contribution >= 4 is 81.5 Å². The van der Waals surface area contributed by atoms with E-state index < -0.39 is 23.8 Å². The van der Waals surface area contributed by atoms with Crippen molar-refractivity contribution in [2.24, 2.45) is 0 Å². The fourth-order valence-electron chi connectivity index (χ4n) is 2.10. The van der Waals surface area contributed by atoms with E-state index in [1.165, 1.54) is 0 Å². The van der Waals surface area contributed by atoms with E-state index in [1.54, 1.807) is 6.92 Å². The first-order valence-electron chi connectivity index (χ1n) is 5.68. The Morgan fingerprint density at radius 3 is 1.67 bits per heavy atom. The quantitative estimate of drug-likeness (QED) is 0.331. The largest absolute Gasteiger partial charge is 0.548 e. The van der Waals surface area contributed by atoms with Crippen LogP contribution in [-0.4, -0.2) is 28.7 Å². The highest BCUT2D eigenvalue weighted by molar-refractivity contribution is 9.15. The summed E-state index contributed by atoms with van der Waals surface area (Å²) in [5, 5.41) is 11.2. The van der Waals surface area contributed by atoms with Crippen molar-refractivity contribution < 1.29 is 19.5 Å². The molecule has 2 amide bonds. The maximum Gasteiger partial charge on any atom is 0.263 e. The Bertz CT molecular complexity index is 642. The predicted octanol–water partition coefficient (Wildman–Crippen LogP) is 2.86. The average molecular weight is 548 g/mol. The molecule has 21 heavy (non-hydrogen) atoms. The van der Waals surface area contributed by atoms with Gasteiger partial charge in [0.1, 0.15) is 0 Å². The van der Waals surface area contributed by atoms with Crippen molar-refractivity contribution in [2.45, 2.75) is 19.4 Å². The van der Waals surface area contributed by atoms with Crippen LogP contribution in [0.25, 0.3) is 0 Å². The lowest BCUT2D eigenvalue weighted by atomic mass is 10.1. The maximum absolute atomic E-state index is 12.5. The van der Waals surface area contributed by atoms with Crippen LogP contribution in [0.5, 0.6) is 0 Å². The summed E-state index contributed by atoms with van der Waals surface area (Å²) in [4.78, 5) is 36.8. The SMILES string of the molecule is CCC(C(=O)[O-])N1C(=O)c2c(Br)c(Br)c(Br)c(Br)c2C1=O. The summed E-state index contributed by atoms with van der Waals surface area (Å²) in [7, 11) is 0. The van der Waals surface area contributed by atoms with Gasteiger partial charge in [0, 0.05) is 17.9 Å². The Morgan fingerprint density at radius 1 is 1.00 bits per heavy atom. The fourth-order valence-corrected chi connectivity index (χ4v) is 4.56. The van der Waals surface area contributed by atoms with Crippen molar-refractivity contribution in [3.05, 3.63) is 29.0 Å². The standard InChI is InChI=1S/C12H7Br4NO4/c1-2-3(12(20)21)17-10(18)4-5(11(17)19)7(14)9(16)8(15)6(4)13/h3H,2H2,1H3,(H,20,21)/p-1. The van der Waals surface area contributed by atoms with Gasteiger partial charge in [-0.2, -0.15) is 0 Å². The van der Waals surface area contributed by atoms with Crippen LogP contribution >= 0.6 is 63.7 Å². The third-order valence-electron chi connectivity index (χ3n) is 3.10. The van der Waals surface area contributed by atoms with E-state index in [2.05, 4.69) is 63.7 Å². The molecule has 0 spiro atoms. The molecule has 1 unspecified atom stereocenters. The van der Waals surface area contributed by atoms with Crippen molar-refractivity contribution in [3.8, 4) is 0 Å². The molecule has 0 N–H and O–H groups in total. The van der Waals surface area contributed by atoms with E-state index in [0.29, 0.717) is 17.9 Å². The summed E-state index contributed by atoms with van der Waals surface area (Å²) in [5.74, 6) is -2.78. The highest BCUT2D eigenvalue weighted by Crippen LogP contribution is 2.45. The van der Waals surface area contributed by atoms with Gasteiger partial charge in [-0.25, -0.2) is 0 Å². The summed E-state index contributed by atoms with van der Waals surface area (Å²) < 4.78 is 1.89. The first kappa shape index (κ1) is 17.1. The van der Waals surface area contributed by atoms with Crippen LogP contribution in [0.2, 0.25) is 0 Å². The Balaban J connectivity index is 2.71. The number of hydrogen-bond acceptors (Lipinski definition) is 4. The molecule has 5 nitrogen and oxygen atoms in total. The monoisotopic (exact) mass is 544 g/mol. The Hall–Kier alpha value is -0.250. The Morgan fingerprint density at radius 2 is 1.38 bits per heavy atom. The summed E-state index contributed by atoms with van der Waals surface area (Å²) in [6.45, 7) is 1.57. The lowest BCUT2D eigenvalue weighted by Gasteiger charge is -2.25. The second kappa shape index (κ2) is 6.10. The molecular weight excluding hydrogens is 542 g/mol. The molecular formula is C12H6Br4NO4-. The van der Waals surface area contributed by atoms with Crippen LogP contribution in [0.4, 0.5) is 0 Å². The van der Waals surface area contributed by atoms with Crippen LogP contribution in [-0.2, 0) is 4.79 Å². The molecule has 1 aliphatic rings. The van der Waals surface area contributed by atoms with E-state index in [0.717, 1.165) is 4.90 Å². The van der Waals surface area contributed by atoms with Crippen LogP contribution in [0, 0.1) is 0 Å². The first-order chi connectivity index (χ1) is 9.73. The number of amides is 2. The van der Waals surface area contributed by atoms with Crippen LogP contribution < -0.4 is 5.11 Å². The zero-order valence-electron chi connectivity index (χ0n) is 10.4. The molecule has 112 valence electrons. The minimum absolute atomic E-state index is 0.0748. The van der Waals surface area contributed by atoms with Crippen molar-refractivity contribution in [1.29, 1.82) is 0 Å². The third-order valence-corrected chi connectivity index (χ3v) is 7.87. The molecule has 2 rings (SSSR count). The number of aliphatic carboxylic acids is 1. The summed E-state index contributed by atoms with van der Waals surface area (Å²) >= 11 is 13.1. The molecule has 0 saturated carbocycles. The summed E-state index contributed by atoms with van der Waals surface area (Å²) in [6, 6.07) is -1.30. The van der Waals surface area contributed by atoms with Gasteiger partial charge in [0.05, 0.1) is 23.1 Å². The van der Waals surface area contributed by atoms with Crippen molar-refractivity contribution in [3.63, 3.8) is 0 Å². The number of carbonyl (C=O) groups is 3. The number of rotatable bonds is 3. The molecule has 0 fully saturated rings. The molecule has 1 aromatic rings. The van der Waals surface area contributed by atoms with Gasteiger partial charge in [0.25, 0.3) is 11.8 Å². The molecule has 9 heteroatoms. The molecule has 1 aromatic carbocycles. The first-order valence-corrected chi connectivity index (χ1v) is 8.85. The van der Waals surface area contributed by atoms with Gasteiger partial charge in [-0.3, -0.25) is 14.5 Å².